The molecule has 0 fully saturated rings. The fourth-order valence-corrected chi connectivity index (χ4v) is 7.94. The van der Waals surface area contributed by atoms with E-state index in [1.54, 1.807) is 18.2 Å². The van der Waals surface area contributed by atoms with E-state index in [-0.39, 0.29) is 79.0 Å². The van der Waals surface area contributed by atoms with Crippen molar-refractivity contribution in [3.05, 3.63) is 107 Å². The molecule has 6 atom stereocenters. The van der Waals surface area contributed by atoms with Crippen LogP contribution >= 0.6 is 0 Å². The smallest absolute Gasteiger partial charge is 0.748 e. The van der Waals surface area contributed by atoms with Crippen LogP contribution in [-0.2, 0) is 28.7 Å². The topological polar surface area (TPSA) is 192 Å². The van der Waals surface area contributed by atoms with E-state index in [0.29, 0.717) is 23.3 Å². The minimum absolute atomic E-state index is 0. The summed E-state index contributed by atoms with van der Waals surface area (Å²) in [4.78, 5) is 4.54. The molecule has 3 aromatic carbocycles. The second kappa shape index (κ2) is 15.5. The van der Waals surface area contributed by atoms with Gasteiger partial charge in [-0.2, -0.15) is 0 Å². The van der Waals surface area contributed by atoms with Crippen LogP contribution in [0.5, 0.6) is 11.5 Å². The number of nitrogens with two attached hydrogens (primary N) is 2. The summed E-state index contributed by atoms with van der Waals surface area (Å²) in [6.45, 7) is 1.99. The summed E-state index contributed by atoms with van der Waals surface area (Å²) in [6, 6.07) is 19.0. The predicted octanol–water partition coefficient (Wildman–Crippen LogP) is 1.11. The van der Waals surface area contributed by atoms with Crippen molar-refractivity contribution in [2.24, 2.45) is 28.3 Å². The van der Waals surface area contributed by atoms with E-state index in [4.69, 9.17) is 16.2 Å². The Kier molecular flexibility index (Phi) is 12.2. The molecule has 0 saturated heterocycles. The third-order valence-electron chi connectivity index (χ3n) is 9.33. The first-order valence-electron chi connectivity index (χ1n) is 15.6. The van der Waals surface area contributed by atoms with Gasteiger partial charge < -0.3 is 36.1 Å². The first-order chi connectivity index (χ1) is 21.9. The third kappa shape index (κ3) is 8.77. The number of hydrogen-bond donors (Lipinski definition) is 5. The monoisotopic (exact) mass is 671 g/mol. The Morgan fingerprint density at radius 3 is 2.47 bits per heavy atom. The Labute approximate surface area is 298 Å². The van der Waals surface area contributed by atoms with Crippen LogP contribution in [0.15, 0.2) is 83.9 Å². The number of aliphatic hydroxyl groups excluding tert-OH is 2. The molecule has 0 saturated carbocycles. The molecule has 10 nitrogen and oxygen atoms in total. The Morgan fingerprint density at radius 2 is 1.83 bits per heavy atom. The zero-order valence-corrected chi connectivity index (χ0v) is 29.6. The van der Waals surface area contributed by atoms with E-state index in [1.807, 2.05) is 42.5 Å². The van der Waals surface area contributed by atoms with Crippen molar-refractivity contribution in [1.82, 2.24) is 0 Å². The van der Waals surface area contributed by atoms with E-state index < -0.39 is 33.1 Å². The predicted molar refractivity (Wildman–Crippen MR) is 175 cm³/mol. The van der Waals surface area contributed by atoms with Gasteiger partial charge in [-0.15, -0.1) is 0 Å². The number of hydrogen-bond acceptors (Lipinski definition) is 8. The molecule has 0 aromatic heterocycles. The van der Waals surface area contributed by atoms with Gasteiger partial charge in [-0.1, -0.05) is 61.5 Å². The van der Waals surface area contributed by atoms with Crippen molar-refractivity contribution in [1.29, 1.82) is 0 Å². The molecule has 3 aliphatic heterocycles. The zero-order valence-electron chi connectivity index (χ0n) is 26.8. The molecule has 4 aliphatic rings. The fourth-order valence-electron chi connectivity index (χ4n) is 6.88. The number of benzene rings is 3. The minimum Gasteiger partial charge on any atom is -0.748 e. The maximum atomic E-state index is 13.1. The molecule has 3 heterocycles. The number of rotatable bonds is 8. The Hall–Kier alpha value is -2.90. The van der Waals surface area contributed by atoms with Gasteiger partial charge in [-0.05, 0) is 96.4 Å². The first-order valence-corrected chi connectivity index (χ1v) is 17.1. The number of aliphatic imine (C=N–C) groups is 1. The second-order valence-corrected chi connectivity index (χ2v) is 14.1. The van der Waals surface area contributed by atoms with Crippen molar-refractivity contribution in [2.45, 2.75) is 68.4 Å². The van der Waals surface area contributed by atoms with Crippen molar-refractivity contribution in [2.75, 3.05) is 6.61 Å². The average Bonchev–Trinajstić information content (AvgIpc) is 3.01. The van der Waals surface area contributed by atoms with Crippen LogP contribution in [0.3, 0.4) is 0 Å². The molecule has 7 rings (SSSR count). The van der Waals surface area contributed by atoms with Crippen LogP contribution in [0.4, 0.5) is 0 Å². The van der Waals surface area contributed by atoms with Gasteiger partial charge in [0.2, 0.25) is 5.72 Å². The van der Waals surface area contributed by atoms with E-state index in [2.05, 4.69) is 11.9 Å². The van der Waals surface area contributed by atoms with Gasteiger partial charge in [-0.3, -0.25) is 0 Å². The molecule has 0 spiro atoms. The van der Waals surface area contributed by atoms with Crippen molar-refractivity contribution < 1.29 is 62.6 Å². The minimum atomic E-state index is -4.78. The first kappa shape index (κ1) is 36.9. The molecular weight excluding hydrogens is 629 g/mol. The summed E-state index contributed by atoms with van der Waals surface area (Å²) in [5.74, 6) is -0.417. The molecule has 6 bridgehead atoms. The Morgan fingerprint density at radius 1 is 1.13 bits per heavy atom. The number of aliphatic hydroxyl groups is 2. The van der Waals surface area contributed by atoms with Crippen molar-refractivity contribution >= 4 is 16.1 Å². The molecule has 12 heteroatoms. The molecule has 0 unspecified atom stereocenters. The number of aryl methyl sites for hydroxylation is 1. The van der Waals surface area contributed by atoms with Gasteiger partial charge in [0.1, 0.15) is 11.5 Å². The van der Waals surface area contributed by atoms with Crippen molar-refractivity contribution in [3.63, 3.8) is 0 Å². The van der Waals surface area contributed by atoms with Crippen LogP contribution in [0.1, 0.15) is 72.4 Å². The summed E-state index contributed by atoms with van der Waals surface area (Å²) in [5.41, 5.74) is 14.4. The van der Waals surface area contributed by atoms with Gasteiger partial charge in [0.05, 0.1) is 21.5 Å². The van der Waals surface area contributed by atoms with Crippen LogP contribution < -0.4 is 45.8 Å². The normalized spacial score (nSPS) is 24.9. The van der Waals surface area contributed by atoms with Crippen LogP contribution in [0.25, 0.3) is 0 Å². The Bertz CT molecular complexity index is 1680. The zero-order chi connectivity index (χ0) is 33.1. The number of ether oxygens (including phenoxy) is 1. The summed E-state index contributed by atoms with van der Waals surface area (Å²) >= 11 is 0. The number of nitrogens with zero attached hydrogens (tertiary/aromatic N) is 1. The largest absolute Gasteiger partial charge is 1.00 e. The van der Waals surface area contributed by atoms with Gasteiger partial charge >= 0.3 is 29.6 Å². The van der Waals surface area contributed by atoms with Crippen molar-refractivity contribution in [3.8, 4) is 11.5 Å². The Balaban J connectivity index is 0.00000500. The molecule has 0 radical (unpaired) electrons. The number of allylic oxidation sites excluding steroid dienone is 1. The maximum absolute atomic E-state index is 13.1. The summed E-state index contributed by atoms with van der Waals surface area (Å²) in [5, 5.41) is 29.0. The molecule has 47 heavy (non-hydrogen) atoms. The average molecular weight is 672 g/mol. The molecule has 246 valence electrons. The van der Waals surface area contributed by atoms with Gasteiger partial charge in [-0.25, -0.2) is 13.4 Å². The molecule has 1 aliphatic carbocycles. The number of aromatic hydroxyl groups is 1. The number of phenols is 1. The van der Waals surface area contributed by atoms with Gasteiger partial charge in [0.25, 0.3) is 0 Å². The second-order valence-electron chi connectivity index (χ2n) is 12.5. The van der Waals surface area contributed by atoms with E-state index in [9.17, 15) is 28.3 Å². The number of phenolic OH excluding ortho intramolecular Hbond substituents is 1. The molecular formula is C35H42N3NaO7S. The van der Waals surface area contributed by atoms with E-state index >= 15 is 0 Å². The SMILES string of the molecule is C[C@@H]1CCc2cc3ccc2[C@H]1C[C@@H](S(=O)(=O)[O-])[C@H](/C=C/[C@@H](O)c1ccc(O)cc1)Cc1ccc(cc1)[C@](CCCO)(N=C(N)N)O3.[Na+]. The van der Waals surface area contributed by atoms with Crippen LogP contribution in [-0.4, -0.2) is 46.1 Å². The number of fused-ring (bicyclic) bond motifs is 2. The third-order valence-corrected chi connectivity index (χ3v) is 10.6. The van der Waals surface area contributed by atoms with E-state index in [1.165, 1.54) is 18.2 Å². The standard InChI is InChI=1S/C35H43N3O7S.Na/c1-22-3-6-25-20-29-14-15-30(25)31(22)21-33(46(42,43)44)26(9-16-32(41)24-7-12-28(40)13-8-24)19-23-4-10-27(11-5-23)35(45-29,17-2-18-39)38-34(36)37;/h4-5,7-16,20,22,26,31-33,39-41H,2-3,6,17-19,21H2,1H3,(H4,36,37,38)(H,42,43,44);/q;+1/p-1/b16-9+;/t22-,26-,31+,32-,33-,35-;/m1./s1. The van der Waals surface area contributed by atoms with E-state index in [0.717, 1.165) is 29.5 Å². The van der Waals surface area contributed by atoms with Crippen LogP contribution in [0.2, 0.25) is 0 Å². The fraction of sp³-hybridized carbons (Fsp3) is 0.400. The molecule has 7 N–H and O–H groups in total. The quantitative estimate of drug-likeness (QED) is 0.0768. The maximum Gasteiger partial charge on any atom is 1.00 e. The summed E-state index contributed by atoms with van der Waals surface area (Å²) in [6.07, 6.45) is 4.60. The number of guanidine groups is 1. The summed E-state index contributed by atoms with van der Waals surface area (Å²) in [7, 11) is -4.78. The molecule has 3 aromatic rings. The van der Waals surface area contributed by atoms with Crippen LogP contribution in [0, 0.1) is 11.8 Å². The van der Waals surface area contributed by atoms with Gasteiger partial charge in [0.15, 0.2) is 5.96 Å². The summed E-state index contributed by atoms with van der Waals surface area (Å²) < 4.78 is 45.8. The molecule has 0 amide bonds. The van der Waals surface area contributed by atoms with Gasteiger partial charge in [0, 0.05) is 18.6 Å².